The van der Waals surface area contributed by atoms with E-state index in [0.717, 1.165) is 36.6 Å². The van der Waals surface area contributed by atoms with Crippen LogP contribution in [0.25, 0.3) is 0 Å². The maximum absolute atomic E-state index is 12.4. The number of rotatable bonds is 6. The molecule has 0 unspecified atom stereocenters. The second-order valence-electron chi connectivity index (χ2n) is 7.66. The maximum Gasteiger partial charge on any atom is 0.414 e. The topological polar surface area (TPSA) is 83.5 Å². The predicted octanol–water partition coefficient (Wildman–Crippen LogP) is 3.72. The number of halogens is 1. The molecule has 2 aliphatic heterocycles. The molecule has 5 rings (SSSR count). The average Bonchev–Trinajstić information content (AvgIpc) is 3.44. The second-order valence-corrected chi connectivity index (χ2v) is 9.37. The lowest BCUT2D eigenvalue weighted by molar-refractivity contribution is 0.0920. The summed E-state index contributed by atoms with van der Waals surface area (Å²) in [5.74, 6) is 1.24. The first-order valence-corrected chi connectivity index (χ1v) is 11.4. The largest absolute Gasteiger partial charge is 0.442 e. The highest BCUT2D eigenvalue weighted by atomic mass is 35.5. The molecule has 2 fully saturated rings. The number of ether oxygens (including phenoxy) is 1. The van der Waals surface area contributed by atoms with E-state index in [0.29, 0.717) is 28.3 Å². The van der Waals surface area contributed by atoms with Crippen molar-refractivity contribution in [2.24, 2.45) is 11.1 Å². The second kappa shape index (κ2) is 8.39. The highest BCUT2D eigenvalue weighted by Crippen LogP contribution is 2.35. The van der Waals surface area contributed by atoms with Gasteiger partial charge in [-0.2, -0.15) is 0 Å². The first-order chi connectivity index (χ1) is 15.1. The minimum atomic E-state index is -0.419. The van der Waals surface area contributed by atoms with E-state index in [1.807, 2.05) is 24.3 Å². The minimum Gasteiger partial charge on any atom is -0.442 e. The van der Waals surface area contributed by atoms with Crippen LogP contribution in [0.2, 0.25) is 4.34 Å². The zero-order chi connectivity index (χ0) is 21.4. The van der Waals surface area contributed by atoms with Gasteiger partial charge in [-0.15, -0.1) is 11.3 Å². The number of thiophene rings is 1. The fourth-order valence-corrected chi connectivity index (χ4v) is 4.65. The minimum absolute atomic E-state index is 0.227. The number of oxime groups is 1. The molecule has 3 heterocycles. The number of benzene rings is 1. The van der Waals surface area contributed by atoms with Gasteiger partial charge in [0.05, 0.1) is 28.8 Å². The van der Waals surface area contributed by atoms with Gasteiger partial charge in [0.2, 0.25) is 0 Å². The van der Waals surface area contributed by atoms with Gasteiger partial charge in [-0.3, -0.25) is 9.69 Å². The lowest BCUT2D eigenvalue weighted by atomic mass is 10.2. The van der Waals surface area contributed by atoms with E-state index in [-0.39, 0.29) is 12.5 Å². The molecule has 31 heavy (non-hydrogen) atoms. The molecule has 0 radical (unpaired) electrons. The van der Waals surface area contributed by atoms with Crippen LogP contribution in [0.1, 0.15) is 22.5 Å². The molecule has 1 saturated heterocycles. The molecule has 1 aliphatic carbocycles. The van der Waals surface area contributed by atoms with Crippen molar-refractivity contribution in [3.05, 3.63) is 45.6 Å². The van der Waals surface area contributed by atoms with Gasteiger partial charge in [-0.1, -0.05) is 16.8 Å². The van der Waals surface area contributed by atoms with E-state index in [1.54, 1.807) is 17.0 Å². The lowest BCUT2D eigenvalue weighted by Crippen LogP contribution is -2.38. The highest BCUT2D eigenvalue weighted by Gasteiger charge is 2.35. The summed E-state index contributed by atoms with van der Waals surface area (Å²) in [7, 11) is 0. The summed E-state index contributed by atoms with van der Waals surface area (Å²) >= 11 is 7.08. The van der Waals surface area contributed by atoms with Crippen molar-refractivity contribution < 1.29 is 19.2 Å². The highest BCUT2D eigenvalue weighted by molar-refractivity contribution is 7.18. The Kier molecular flexibility index (Phi) is 5.45. The van der Waals surface area contributed by atoms with Gasteiger partial charge < -0.3 is 19.8 Å². The summed E-state index contributed by atoms with van der Waals surface area (Å²) in [6.07, 6.45) is 1.46. The number of hydrogen-bond donors (Lipinski definition) is 1. The zero-order valence-electron chi connectivity index (χ0n) is 16.6. The Balaban J connectivity index is 1.20. The predicted molar refractivity (Wildman–Crippen MR) is 119 cm³/mol. The summed E-state index contributed by atoms with van der Waals surface area (Å²) in [6, 6.07) is 11.1. The molecule has 162 valence electrons. The van der Waals surface area contributed by atoms with Crippen LogP contribution in [0.4, 0.5) is 16.2 Å². The summed E-state index contributed by atoms with van der Waals surface area (Å²) in [6.45, 7) is 1.93. The van der Waals surface area contributed by atoms with Crippen LogP contribution in [0.15, 0.2) is 41.6 Å². The van der Waals surface area contributed by atoms with Gasteiger partial charge in [0.25, 0.3) is 5.91 Å². The van der Waals surface area contributed by atoms with Crippen molar-refractivity contribution in [3.8, 4) is 0 Å². The Morgan fingerprint density at radius 1 is 1.16 bits per heavy atom. The molecule has 2 aromatic rings. The molecule has 1 N–H and O–H groups in total. The molecule has 3 aliphatic rings. The van der Waals surface area contributed by atoms with Crippen LogP contribution >= 0.6 is 22.9 Å². The Bertz CT molecular complexity index is 1020. The maximum atomic E-state index is 12.4. The molecule has 1 aromatic heterocycles. The standard InChI is InChI=1S/C21H21ClN4O4S/c22-18-8-7-17(31-18)20(27)23-11-16-12-26(21(28)30-16)15-5-3-14(4-6-15)25-9-10-29-24-19(25)13-1-2-13/h3-8,13,16H,1-2,9-12H2,(H,23,27)/t16-/m0/s1. The average molecular weight is 461 g/mol. The summed E-state index contributed by atoms with van der Waals surface area (Å²) in [5, 5.41) is 7.04. The van der Waals surface area contributed by atoms with Crippen molar-refractivity contribution >= 4 is 52.1 Å². The van der Waals surface area contributed by atoms with Gasteiger partial charge >= 0.3 is 6.09 Å². The van der Waals surface area contributed by atoms with Crippen molar-refractivity contribution in [2.45, 2.75) is 18.9 Å². The van der Waals surface area contributed by atoms with Crippen LogP contribution < -0.4 is 15.1 Å². The van der Waals surface area contributed by atoms with E-state index in [2.05, 4.69) is 15.4 Å². The normalized spacial score (nSPS) is 20.9. The van der Waals surface area contributed by atoms with Gasteiger partial charge in [0.15, 0.2) is 5.84 Å². The van der Waals surface area contributed by atoms with Crippen LogP contribution in [0.3, 0.4) is 0 Å². The van der Waals surface area contributed by atoms with Crippen molar-refractivity contribution in [1.82, 2.24) is 5.32 Å². The Morgan fingerprint density at radius 3 is 2.58 bits per heavy atom. The van der Waals surface area contributed by atoms with Gasteiger partial charge in [0.1, 0.15) is 12.7 Å². The number of nitrogens with zero attached hydrogens (tertiary/aromatic N) is 3. The number of amidine groups is 1. The molecular formula is C21H21ClN4O4S. The molecule has 1 atom stereocenters. The van der Waals surface area contributed by atoms with Crippen molar-refractivity contribution in [1.29, 1.82) is 0 Å². The smallest absolute Gasteiger partial charge is 0.414 e. The molecule has 1 saturated carbocycles. The van der Waals surface area contributed by atoms with Crippen LogP contribution in [-0.2, 0) is 9.57 Å². The molecule has 10 heteroatoms. The van der Waals surface area contributed by atoms with Crippen molar-refractivity contribution in [2.75, 3.05) is 36.0 Å². The van der Waals surface area contributed by atoms with E-state index < -0.39 is 12.2 Å². The van der Waals surface area contributed by atoms with Crippen LogP contribution in [0.5, 0.6) is 0 Å². The number of hydrogen-bond acceptors (Lipinski definition) is 7. The number of carbonyl (C=O) groups is 2. The zero-order valence-corrected chi connectivity index (χ0v) is 18.2. The van der Waals surface area contributed by atoms with Crippen LogP contribution in [-0.4, -0.2) is 50.2 Å². The number of nitrogens with one attached hydrogen (secondary N) is 1. The molecule has 0 bridgehead atoms. The van der Waals surface area contributed by atoms with E-state index >= 15 is 0 Å². The third-order valence-corrected chi connectivity index (χ3v) is 6.65. The Morgan fingerprint density at radius 2 is 1.90 bits per heavy atom. The molecule has 1 aromatic carbocycles. The van der Waals surface area contributed by atoms with E-state index in [1.165, 1.54) is 11.3 Å². The number of cyclic esters (lactones) is 1. The van der Waals surface area contributed by atoms with E-state index in [9.17, 15) is 9.59 Å². The SMILES string of the molecule is O=C(NC[C@H]1CN(c2ccc(N3CCON=C3C3CC3)cc2)C(=O)O1)c1ccc(Cl)s1. The van der Waals surface area contributed by atoms with Gasteiger partial charge in [-0.25, -0.2) is 4.79 Å². The fourth-order valence-electron chi connectivity index (χ4n) is 3.69. The Labute approximate surface area is 188 Å². The third-order valence-electron chi connectivity index (χ3n) is 5.42. The van der Waals surface area contributed by atoms with Gasteiger partial charge in [-0.05, 0) is 49.2 Å². The van der Waals surface area contributed by atoms with Gasteiger partial charge in [0, 0.05) is 17.3 Å². The van der Waals surface area contributed by atoms with Crippen molar-refractivity contribution in [3.63, 3.8) is 0 Å². The quantitative estimate of drug-likeness (QED) is 0.710. The summed E-state index contributed by atoms with van der Waals surface area (Å²) in [4.78, 5) is 34.1. The lowest BCUT2D eigenvalue weighted by Gasteiger charge is -2.29. The molecule has 2 amide bonds. The molecule has 8 nitrogen and oxygen atoms in total. The third kappa shape index (κ3) is 4.33. The summed E-state index contributed by atoms with van der Waals surface area (Å²) < 4.78 is 5.98. The number of amides is 2. The number of anilines is 2. The fraction of sp³-hybridized carbons (Fsp3) is 0.381. The monoisotopic (exact) mass is 460 g/mol. The molecule has 0 spiro atoms. The molecular weight excluding hydrogens is 440 g/mol. The Hall–Kier alpha value is -2.78. The summed E-state index contributed by atoms with van der Waals surface area (Å²) in [5.41, 5.74) is 1.79. The first kappa shape index (κ1) is 20.1. The first-order valence-electron chi connectivity index (χ1n) is 10.2. The van der Waals surface area contributed by atoms with Crippen LogP contribution in [0, 0.1) is 5.92 Å². The number of carbonyl (C=O) groups excluding carboxylic acids is 2. The van der Waals surface area contributed by atoms with E-state index in [4.69, 9.17) is 21.2 Å².